The van der Waals surface area contributed by atoms with Gasteiger partial charge in [-0.15, -0.1) is 5.10 Å². The van der Waals surface area contributed by atoms with Crippen LogP contribution in [-0.4, -0.2) is 40.9 Å². The maximum absolute atomic E-state index is 12.4. The maximum atomic E-state index is 12.4. The van der Waals surface area contributed by atoms with Gasteiger partial charge in [0.05, 0.1) is 12.3 Å². The second kappa shape index (κ2) is 8.33. The minimum Gasteiger partial charge on any atom is -0.383 e. The van der Waals surface area contributed by atoms with Crippen LogP contribution in [-0.2, 0) is 4.74 Å². The van der Waals surface area contributed by atoms with Crippen molar-refractivity contribution < 1.29 is 9.53 Å². The molecule has 3 rings (SSSR count). The molecule has 1 amide bonds. The number of hydrogen-bond donors (Lipinski definition) is 1. The van der Waals surface area contributed by atoms with Crippen LogP contribution in [0.4, 0.5) is 0 Å². The Morgan fingerprint density at radius 2 is 2.04 bits per heavy atom. The molecule has 140 valence electrons. The number of aromatic nitrogens is 3. The number of carbonyl (C=O) groups excluding carboxylic acids is 1. The van der Waals surface area contributed by atoms with Gasteiger partial charge in [0.2, 0.25) is 5.82 Å². The van der Waals surface area contributed by atoms with Gasteiger partial charge in [-0.25, -0.2) is 9.67 Å². The van der Waals surface area contributed by atoms with Crippen molar-refractivity contribution in [2.24, 2.45) is 0 Å². The molecule has 1 aromatic heterocycles. The third-order valence-electron chi connectivity index (χ3n) is 4.08. The smallest absolute Gasteiger partial charge is 0.291 e. The van der Waals surface area contributed by atoms with Gasteiger partial charge in [0.1, 0.15) is 0 Å². The number of benzene rings is 2. The highest BCUT2D eigenvalue weighted by atomic mass is 35.5. The summed E-state index contributed by atoms with van der Waals surface area (Å²) >= 11 is 6.29. The molecule has 0 unspecified atom stereocenters. The quantitative estimate of drug-likeness (QED) is 0.659. The first kappa shape index (κ1) is 19.1. The molecule has 0 aliphatic heterocycles. The van der Waals surface area contributed by atoms with Crippen LogP contribution in [0.2, 0.25) is 5.02 Å². The normalized spacial score (nSPS) is 10.8. The standard InChI is InChI=1S/C20H21ClN4O2/c1-13-5-4-6-15(11-13)19-23-18(20(26)22-9-10-27-3)24-25(19)16-8-7-14(2)17(21)12-16/h4-8,11-12H,9-10H2,1-3H3,(H,22,26). The molecule has 6 nitrogen and oxygen atoms in total. The lowest BCUT2D eigenvalue weighted by molar-refractivity contribution is 0.0927. The molecule has 2 aromatic carbocycles. The minimum atomic E-state index is -0.349. The highest BCUT2D eigenvalue weighted by Crippen LogP contribution is 2.25. The topological polar surface area (TPSA) is 69.0 Å². The Morgan fingerprint density at radius 1 is 1.22 bits per heavy atom. The molecule has 0 radical (unpaired) electrons. The molecular weight excluding hydrogens is 364 g/mol. The van der Waals surface area contributed by atoms with Crippen molar-refractivity contribution in [2.75, 3.05) is 20.3 Å². The van der Waals surface area contributed by atoms with Gasteiger partial charge in [-0.05, 0) is 37.6 Å². The summed E-state index contributed by atoms with van der Waals surface area (Å²) in [5, 5.41) is 7.81. The van der Waals surface area contributed by atoms with E-state index in [-0.39, 0.29) is 11.7 Å². The second-order valence-corrected chi connectivity index (χ2v) is 6.63. The van der Waals surface area contributed by atoms with Crippen LogP contribution in [0.25, 0.3) is 17.1 Å². The molecule has 0 fully saturated rings. The van der Waals surface area contributed by atoms with Gasteiger partial charge in [-0.2, -0.15) is 0 Å². The molecule has 0 saturated carbocycles. The molecule has 0 atom stereocenters. The molecular formula is C20H21ClN4O2. The molecule has 0 saturated heterocycles. The van der Waals surface area contributed by atoms with Crippen molar-refractivity contribution in [3.8, 4) is 17.1 Å². The number of rotatable bonds is 6. The molecule has 0 aliphatic rings. The summed E-state index contributed by atoms with van der Waals surface area (Å²) in [4.78, 5) is 16.9. The zero-order chi connectivity index (χ0) is 19.4. The minimum absolute atomic E-state index is 0.0966. The molecule has 0 spiro atoms. The van der Waals surface area contributed by atoms with Gasteiger partial charge in [-0.1, -0.05) is 41.4 Å². The Bertz CT molecular complexity index is 968. The Kier molecular flexibility index (Phi) is 5.88. The number of halogens is 1. The summed E-state index contributed by atoms with van der Waals surface area (Å²) in [6.07, 6.45) is 0. The van der Waals surface area contributed by atoms with Gasteiger partial charge in [0.25, 0.3) is 5.91 Å². The lowest BCUT2D eigenvalue weighted by Crippen LogP contribution is -2.28. The third kappa shape index (κ3) is 4.35. The average Bonchev–Trinajstić information content (AvgIpc) is 3.10. The first-order valence-electron chi connectivity index (χ1n) is 8.57. The van der Waals surface area contributed by atoms with Crippen molar-refractivity contribution in [1.29, 1.82) is 0 Å². The zero-order valence-corrected chi connectivity index (χ0v) is 16.2. The maximum Gasteiger partial charge on any atom is 0.291 e. The van der Waals surface area contributed by atoms with Crippen LogP contribution in [0.15, 0.2) is 42.5 Å². The van der Waals surface area contributed by atoms with E-state index in [0.29, 0.717) is 24.0 Å². The van der Waals surface area contributed by atoms with E-state index in [9.17, 15) is 4.79 Å². The molecule has 7 heteroatoms. The van der Waals surface area contributed by atoms with Crippen LogP contribution < -0.4 is 5.32 Å². The Labute approximate surface area is 163 Å². The van der Waals surface area contributed by atoms with Crippen LogP contribution in [0, 0.1) is 13.8 Å². The fourth-order valence-electron chi connectivity index (χ4n) is 2.62. The number of ether oxygens (including phenoxy) is 1. The van der Waals surface area contributed by atoms with Crippen LogP contribution in [0.1, 0.15) is 21.7 Å². The number of nitrogens with one attached hydrogen (secondary N) is 1. The molecule has 27 heavy (non-hydrogen) atoms. The second-order valence-electron chi connectivity index (χ2n) is 6.22. The number of hydrogen-bond acceptors (Lipinski definition) is 4. The predicted molar refractivity (Wildman–Crippen MR) is 105 cm³/mol. The summed E-state index contributed by atoms with van der Waals surface area (Å²) in [5.74, 6) is 0.327. The van der Waals surface area contributed by atoms with Crippen LogP contribution in [0.5, 0.6) is 0 Å². The monoisotopic (exact) mass is 384 g/mol. The van der Waals surface area contributed by atoms with Gasteiger partial charge in [-0.3, -0.25) is 4.79 Å². The van der Waals surface area contributed by atoms with Gasteiger partial charge in [0, 0.05) is 24.2 Å². The van der Waals surface area contributed by atoms with Crippen LogP contribution >= 0.6 is 11.6 Å². The lowest BCUT2D eigenvalue weighted by Gasteiger charge is -2.08. The number of methoxy groups -OCH3 is 1. The van der Waals surface area contributed by atoms with Gasteiger partial charge < -0.3 is 10.1 Å². The van der Waals surface area contributed by atoms with Crippen molar-refractivity contribution >= 4 is 17.5 Å². The van der Waals surface area contributed by atoms with Crippen LogP contribution in [0.3, 0.4) is 0 Å². The first-order valence-corrected chi connectivity index (χ1v) is 8.95. The van der Waals surface area contributed by atoms with Crippen molar-refractivity contribution in [2.45, 2.75) is 13.8 Å². The van der Waals surface area contributed by atoms with E-state index in [1.165, 1.54) is 0 Å². The number of carbonyl (C=O) groups is 1. The predicted octanol–water partition coefficient (Wildman–Crippen LogP) is 3.58. The summed E-state index contributed by atoms with van der Waals surface area (Å²) < 4.78 is 6.60. The fraction of sp³-hybridized carbons (Fsp3) is 0.250. The molecule has 0 bridgehead atoms. The molecule has 3 aromatic rings. The molecule has 1 heterocycles. The van der Waals surface area contributed by atoms with E-state index >= 15 is 0 Å². The first-order chi connectivity index (χ1) is 13.0. The third-order valence-corrected chi connectivity index (χ3v) is 4.49. The summed E-state index contributed by atoms with van der Waals surface area (Å²) in [7, 11) is 1.58. The Morgan fingerprint density at radius 3 is 2.74 bits per heavy atom. The van der Waals surface area contributed by atoms with E-state index < -0.39 is 0 Å². The summed E-state index contributed by atoms with van der Waals surface area (Å²) in [6, 6.07) is 13.5. The SMILES string of the molecule is COCCNC(=O)c1nc(-c2cccc(C)c2)n(-c2ccc(C)c(Cl)c2)n1. The number of nitrogens with zero attached hydrogens (tertiary/aromatic N) is 3. The van der Waals surface area contributed by atoms with E-state index in [4.69, 9.17) is 16.3 Å². The van der Waals surface area contributed by atoms with Gasteiger partial charge in [0.15, 0.2) is 5.82 Å². The highest BCUT2D eigenvalue weighted by Gasteiger charge is 2.19. The average molecular weight is 385 g/mol. The van der Waals surface area contributed by atoms with Gasteiger partial charge >= 0.3 is 0 Å². The number of aryl methyl sites for hydroxylation is 2. The fourth-order valence-corrected chi connectivity index (χ4v) is 2.79. The van der Waals surface area contributed by atoms with E-state index in [0.717, 1.165) is 22.4 Å². The largest absolute Gasteiger partial charge is 0.383 e. The highest BCUT2D eigenvalue weighted by molar-refractivity contribution is 6.31. The summed E-state index contributed by atoms with van der Waals surface area (Å²) in [5.41, 5.74) is 3.67. The van der Waals surface area contributed by atoms with Crippen molar-refractivity contribution in [1.82, 2.24) is 20.1 Å². The van der Waals surface area contributed by atoms with E-state index in [1.54, 1.807) is 11.8 Å². The lowest BCUT2D eigenvalue weighted by atomic mass is 10.1. The van der Waals surface area contributed by atoms with E-state index in [2.05, 4.69) is 15.4 Å². The Hall–Kier alpha value is -2.70. The molecule has 0 aliphatic carbocycles. The van der Waals surface area contributed by atoms with E-state index in [1.807, 2.05) is 56.3 Å². The van der Waals surface area contributed by atoms with Crippen molar-refractivity contribution in [3.63, 3.8) is 0 Å². The molecule has 1 N–H and O–H groups in total. The van der Waals surface area contributed by atoms with Crippen molar-refractivity contribution in [3.05, 3.63) is 64.4 Å². The number of amides is 1. The summed E-state index contributed by atoms with van der Waals surface area (Å²) in [6.45, 7) is 4.75. The zero-order valence-electron chi connectivity index (χ0n) is 15.5. The Balaban J connectivity index is 2.06.